The highest BCUT2D eigenvalue weighted by molar-refractivity contribution is 7.91. The number of rotatable bonds is 4. The van der Waals surface area contributed by atoms with E-state index in [2.05, 4.69) is 4.90 Å². The molecule has 116 valence electrons. The Morgan fingerprint density at radius 2 is 2.00 bits per heavy atom. The average molecular weight is 303 g/mol. The summed E-state index contributed by atoms with van der Waals surface area (Å²) >= 11 is 0. The van der Waals surface area contributed by atoms with E-state index in [0.717, 1.165) is 38.6 Å². The zero-order valence-corrected chi connectivity index (χ0v) is 13.2. The van der Waals surface area contributed by atoms with Gasteiger partial charge in [0.15, 0.2) is 0 Å². The molecule has 6 heteroatoms. The van der Waals surface area contributed by atoms with Crippen molar-refractivity contribution in [1.29, 1.82) is 0 Å². The Labute approximate surface area is 121 Å². The number of nitrogens with zero attached hydrogens (tertiary/aromatic N) is 1. The first kappa shape index (κ1) is 15.8. The molecular formula is C14H25NO4S. The monoisotopic (exact) mass is 303 g/mol. The van der Waals surface area contributed by atoms with Crippen LogP contribution in [0, 0.1) is 0 Å². The second-order valence-corrected chi connectivity index (χ2v) is 8.25. The summed E-state index contributed by atoms with van der Waals surface area (Å²) in [4.78, 5) is 14.2. The number of hydrogen-bond acceptors (Lipinski definition) is 5. The smallest absolute Gasteiger partial charge is 0.323 e. The van der Waals surface area contributed by atoms with Gasteiger partial charge in [-0.2, -0.15) is 0 Å². The van der Waals surface area contributed by atoms with Crippen molar-refractivity contribution < 1.29 is 17.9 Å². The third-order valence-electron chi connectivity index (χ3n) is 4.53. The molecule has 3 atom stereocenters. The first-order valence-corrected chi connectivity index (χ1v) is 9.50. The SMILES string of the molecule is CCOC(=O)C1CCCN1C1CCCC(S(C)(=O)=O)C1. The minimum absolute atomic E-state index is 0.147. The molecule has 1 aliphatic heterocycles. The zero-order chi connectivity index (χ0) is 14.8. The van der Waals surface area contributed by atoms with Crippen LogP contribution in [0.15, 0.2) is 0 Å². The second-order valence-electron chi connectivity index (χ2n) is 5.92. The van der Waals surface area contributed by atoms with Crippen LogP contribution in [0.3, 0.4) is 0 Å². The minimum atomic E-state index is -2.98. The fraction of sp³-hybridized carbons (Fsp3) is 0.929. The Kier molecular flexibility index (Phi) is 5.07. The Morgan fingerprint density at radius 3 is 2.65 bits per heavy atom. The van der Waals surface area contributed by atoms with Crippen LogP contribution in [0.25, 0.3) is 0 Å². The molecule has 0 aromatic heterocycles. The summed E-state index contributed by atoms with van der Waals surface area (Å²) in [5, 5.41) is -0.246. The quantitative estimate of drug-likeness (QED) is 0.734. The Hall–Kier alpha value is -0.620. The predicted octanol–water partition coefficient (Wildman–Crippen LogP) is 1.37. The molecule has 5 nitrogen and oxygen atoms in total. The summed E-state index contributed by atoms with van der Waals surface area (Å²) < 4.78 is 28.7. The number of carbonyl (C=O) groups is 1. The van der Waals surface area contributed by atoms with Crippen molar-refractivity contribution in [2.75, 3.05) is 19.4 Å². The first-order valence-electron chi connectivity index (χ1n) is 7.54. The average Bonchev–Trinajstić information content (AvgIpc) is 2.87. The highest BCUT2D eigenvalue weighted by atomic mass is 32.2. The van der Waals surface area contributed by atoms with Gasteiger partial charge in [-0.15, -0.1) is 0 Å². The van der Waals surface area contributed by atoms with E-state index in [1.807, 2.05) is 6.92 Å². The molecule has 0 bridgehead atoms. The summed E-state index contributed by atoms with van der Waals surface area (Å²) in [5.41, 5.74) is 0. The molecule has 1 saturated carbocycles. The molecule has 0 N–H and O–H groups in total. The summed E-state index contributed by atoms with van der Waals surface area (Å²) in [5.74, 6) is -0.147. The van der Waals surface area contributed by atoms with Crippen molar-refractivity contribution in [2.45, 2.75) is 62.8 Å². The highest BCUT2D eigenvalue weighted by Crippen LogP contribution is 2.32. The number of esters is 1. The molecule has 1 saturated heterocycles. The predicted molar refractivity (Wildman–Crippen MR) is 77.2 cm³/mol. The van der Waals surface area contributed by atoms with E-state index in [9.17, 15) is 13.2 Å². The fourth-order valence-electron chi connectivity index (χ4n) is 3.53. The van der Waals surface area contributed by atoms with E-state index in [1.54, 1.807) is 0 Å². The first-order chi connectivity index (χ1) is 9.43. The molecule has 0 aromatic carbocycles. The van der Waals surface area contributed by atoms with Gasteiger partial charge in [-0.3, -0.25) is 9.69 Å². The van der Waals surface area contributed by atoms with Gasteiger partial charge in [0.05, 0.1) is 11.9 Å². The number of sulfone groups is 1. The van der Waals surface area contributed by atoms with Gasteiger partial charge in [-0.25, -0.2) is 8.42 Å². The molecule has 0 spiro atoms. The lowest BCUT2D eigenvalue weighted by Crippen LogP contribution is -2.47. The number of carbonyl (C=O) groups excluding carboxylic acids is 1. The van der Waals surface area contributed by atoms with Crippen molar-refractivity contribution in [3.05, 3.63) is 0 Å². The van der Waals surface area contributed by atoms with E-state index in [-0.39, 0.29) is 23.3 Å². The van der Waals surface area contributed by atoms with Crippen molar-refractivity contribution >= 4 is 15.8 Å². The molecule has 1 aliphatic carbocycles. The van der Waals surface area contributed by atoms with Gasteiger partial charge < -0.3 is 4.74 Å². The molecule has 2 rings (SSSR count). The number of likely N-dealkylation sites (tertiary alicyclic amines) is 1. The second kappa shape index (κ2) is 6.43. The summed E-state index contributed by atoms with van der Waals surface area (Å²) in [6, 6.07) is 0.0404. The van der Waals surface area contributed by atoms with Gasteiger partial charge in [0.2, 0.25) is 0 Å². The number of hydrogen-bond donors (Lipinski definition) is 0. The highest BCUT2D eigenvalue weighted by Gasteiger charge is 2.39. The van der Waals surface area contributed by atoms with E-state index in [1.165, 1.54) is 6.26 Å². The van der Waals surface area contributed by atoms with E-state index in [0.29, 0.717) is 13.0 Å². The van der Waals surface area contributed by atoms with Crippen LogP contribution in [-0.4, -0.2) is 56.0 Å². The molecular weight excluding hydrogens is 278 g/mol. The van der Waals surface area contributed by atoms with Crippen molar-refractivity contribution in [2.24, 2.45) is 0 Å². The van der Waals surface area contributed by atoms with Crippen molar-refractivity contribution in [3.63, 3.8) is 0 Å². The third-order valence-corrected chi connectivity index (χ3v) is 6.16. The van der Waals surface area contributed by atoms with Gasteiger partial charge in [0.1, 0.15) is 15.9 Å². The molecule has 0 aromatic rings. The van der Waals surface area contributed by atoms with E-state index < -0.39 is 9.84 Å². The largest absolute Gasteiger partial charge is 0.465 e. The van der Waals surface area contributed by atoms with Crippen molar-refractivity contribution in [3.8, 4) is 0 Å². The molecule has 2 fully saturated rings. The number of ether oxygens (including phenoxy) is 1. The maximum absolute atomic E-state index is 12.0. The van der Waals surface area contributed by atoms with E-state index in [4.69, 9.17) is 4.74 Å². The van der Waals surface area contributed by atoms with Crippen LogP contribution in [0.2, 0.25) is 0 Å². The van der Waals surface area contributed by atoms with Gasteiger partial charge in [0, 0.05) is 12.3 Å². The fourth-order valence-corrected chi connectivity index (χ4v) is 4.69. The molecule has 0 amide bonds. The normalized spacial score (nSPS) is 32.2. The molecule has 2 aliphatic rings. The third kappa shape index (κ3) is 3.52. The van der Waals surface area contributed by atoms with Crippen LogP contribution in [0.1, 0.15) is 45.4 Å². The van der Waals surface area contributed by atoms with Gasteiger partial charge in [-0.1, -0.05) is 6.42 Å². The lowest BCUT2D eigenvalue weighted by Gasteiger charge is -2.37. The lowest BCUT2D eigenvalue weighted by atomic mass is 9.93. The summed E-state index contributed by atoms with van der Waals surface area (Å²) in [6.07, 6.45) is 6.48. The molecule has 0 radical (unpaired) electrons. The van der Waals surface area contributed by atoms with Crippen LogP contribution in [0.4, 0.5) is 0 Å². The maximum atomic E-state index is 12.0. The van der Waals surface area contributed by atoms with Gasteiger partial charge in [-0.05, 0) is 45.6 Å². The standard InChI is InChI=1S/C14H25NO4S/c1-3-19-14(16)13-8-5-9-15(13)11-6-4-7-12(10-11)20(2,17)18/h11-13H,3-10H2,1-2H3. The minimum Gasteiger partial charge on any atom is -0.465 e. The Balaban J connectivity index is 2.04. The summed E-state index contributed by atoms with van der Waals surface area (Å²) in [6.45, 7) is 3.10. The molecule has 1 heterocycles. The lowest BCUT2D eigenvalue weighted by molar-refractivity contribution is -0.149. The molecule has 3 unspecified atom stereocenters. The van der Waals surface area contributed by atoms with Crippen LogP contribution in [-0.2, 0) is 19.4 Å². The van der Waals surface area contributed by atoms with Crippen LogP contribution in [0.5, 0.6) is 0 Å². The van der Waals surface area contributed by atoms with Gasteiger partial charge >= 0.3 is 5.97 Å². The van der Waals surface area contributed by atoms with Crippen LogP contribution < -0.4 is 0 Å². The van der Waals surface area contributed by atoms with E-state index >= 15 is 0 Å². The van der Waals surface area contributed by atoms with Crippen LogP contribution >= 0.6 is 0 Å². The Morgan fingerprint density at radius 1 is 1.25 bits per heavy atom. The maximum Gasteiger partial charge on any atom is 0.323 e. The van der Waals surface area contributed by atoms with Crippen molar-refractivity contribution in [1.82, 2.24) is 4.90 Å². The zero-order valence-electron chi connectivity index (χ0n) is 12.4. The Bertz CT molecular complexity index is 448. The van der Waals surface area contributed by atoms with Gasteiger partial charge in [0.25, 0.3) is 0 Å². The summed E-state index contributed by atoms with van der Waals surface area (Å²) in [7, 11) is -2.98. The molecule has 20 heavy (non-hydrogen) atoms. The topological polar surface area (TPSA) is 63.7 Å².